The van der Waals surface area contributed by atoms with Gasteiger partial charge in [-0.25, -0.2) is 33.3 Å². The lowest BCUT2D eigenvalue weighted by Crippen LogP contribution is -1.99. The van der Waals surface area contributed by atoms with Gasteiger partial charge in [0.05, 0.1) is 45.7 Å². The van der Waals surface area contributed by atoms with Crippen molar-refractivity contribution < 1.29 is 8.42 Å². The molecule has 7 heterocycles. The Balaban J connectivity index is 0.000000480. The number of nitrogens with zero attached hydrogens (tertiary/aromatic N) is 11. The highest BCUT2D eigenvalue weighted by atomic mass is 32.2. The first-order valence-electron chi connectivity index (χ1n) is 29.5. The van der Waals surface area contributed by atoms with E-state index in [4.69, 9.17) is 0 Å². The highest BCUT2D eigenvalue weighted by Gasteiger charge is 2.11. The third-order valence-corrected chi connectivity index (χ3v) is 17.8. The minimum atomic E-state index is -2.66. The second-order valence-corrected chi connectivity index (χ2v) is 25.4. The average Bonchev–Trinajstić information content (AvgIpc) is 4.30. The Kier molecular flexibility index (Phi) is 31.4. The lowest BCUT2D eigenvalue weighted by atomic mass is 9.90. The SMILES string of the molecule is CC1=CC(C)=C(C)C1.CC1=NC(C)=C(C)C1.Cc1c(C)c(C)c(C)c(C)c1C.Cc1nc(C)c(C)c(C)c1C.Cc1nc(C)c(C)c(C)n1.Cc1nc(C)c(C)nc1C.Cc1nc(C)nc(C)n1.Cc1nnc(C)c(C)c1C.O=S1(=O)CC=CC1. The number of aromatic nitrogens is 10. The molecule has 85 heavy (non-hydrogen) atoms. The molecule has 0 saturated heterocycles. The van der Waals surface area contributed by atoms with Crippen LogP contribution < -0.4 is 0 Å². The number of hydrogen-bond donors (Lipinski definition) is 0. The summed E-state index contributed by atoms with van der Waals surface area (Å²) in [6.07, 6.45) is 7.90. The van der Waals surface area contributed by atoms with E-state index in [2.05, 4.69) is 193 Å². The van der Waals surface area contributed by atoms with Crippen molar-refractivity contribution >= 4 is 15.5 Å². The van der Waals surface area contributed by atoms with Crippen LogP contribution in [0.25, 0.3) is 0 Å². The Hall–Kier alpha value is -6.80. The van der Waals surface area contributed by atoms with Crippen molar-refractivity contribution in [2.24, 2.45) is 4.99 Å². The highest BCUT2D eigenvalue weighted by molar-refractivity contribution is 7.91. The van der Waals surface area contributed by atoms with E-state index in [1.54, 1.807) is 12.2 Å². The van der Waals surface area contributed by atoms with Gasteiger partial charge in [0.2, 0.25) is 0 Å². The summed E-state index contributed by atoms with van der Waals surface area (Å²) in [7, 11) is -2.66. The molecule has 0 fully saturated rings. The van der Waals surface area contributed by atoms with Crippen LogP contribution in [0.4, 0.5) is 0 Å². The number of hydrogen-bond acceptors (Lipinski definition) is 13. The monoisotopic (exact) mass is 1180 g/mol. The van der Waals surface area contributed by atoms with Gasteiger partial charge >= 0.3 is 0 Å². The normalized spacial score (nSPS) is 13.2. The van der Waals surface area contributed by atoms with E-state index in [1.807, 2.05) is 90.0 Å². The number of pyridine rings is 1. The summed E-state index contributed by atoms with van der Waals surface area (Å²) >= 11 is 0. The summed E-state index contributed by atoms with van der Waals surface area (Å²) < 4.78 is 20.7. The van der Waals surface area contributed by atoms with E-state index < -0.39 is 9.84 Å². The zero-order chi connectivity index (χ0) is 65.7. The van der Waals surface area contributed by atoms with Gasteiger partial charge in [-0.3, -0.25) is 19.9 Å². The summed E-state index contributed by atoms with van der Waals surface area (Å²) in [5.41, 5.74) is 35.5. The van der Waals surface area contributed by atoms with E-state index in [0.29, 0.717) is 0 Å². The van der Waals surface area contributed by atoms with Crippen LogP contribution in [0, 0.1) is 180 Å². The smallest absolute Gasteiger partial charge is 0.157 e. The molecule has 0 radical (unpaired) electrons. The Morgan fingerprint density at radius 1 is 0.294 bits per heavy atom. The van der Waals surface area contributed by atoms with Gasteiger partial charge in [0.1, 0.15) is 23.3 Å². The predicted octanol–water partition coefficient (Wildman–Crippen LogP) is 16.9. The first kappa shape index (κ1) is 76.2. The standard InChI is InChI=1S/C12H18.C10H15N.3C8H12N2.C8H12.C7H11N.C6H9N3.C4H6O2S/c1-7-8(2)10(4)12(6)11(5)9(7)3;1-6-7(2)9(4)11-10(5)8(6)3;1-5-6(2)10-8(4)7(3)9-5;1-5-6(2)9-8(4)10-7(5)3;1-5-6(2)8(4)10-9-7(5)3;1-6-4-7(2)8(3)5-6;1-5-4-6(2)8-7(5)3;1-4-7-5(2)9-6(3)8-4;5-7(6)3-1-2-4-7/h1-6H3;1-5H3;3*1-4H3;4H,5H2,1-3H3;4H2,1-3H3;1-3H3;1-2H,3-4H2. The number of aliphatic imine (C=N–C) groups is 1. The third kappa shape index (κ3) is 25.4. The molecule has 0 bridgehead atoms. The largest absolute Gasteiger partial charge is 0.263 e. The number of benzene rings is 1. The molecule has 0 unspecified atom stereocenters. The minimum absolute atomic E-state index is 0.243. The van der Waals surface area contributed by atoms with Crippen molar-refractivity contribution in [3.63, 3.8) is 0 Å². The van der Waals surface area contributed by atoms with E-state index in [9.17, 15) is 8.42 Å². The summed E-state index contributed by atoms with van der Waals surface area (Å²) in [5, 5.41) is 7.98. The summed E-state index contributed by atoms with van der Waals surface area (Å²) in [4.78, 5) is 37.8. The highest BCUT2D eigenvalue weighted by Crippen LogP contribution is 2.25. The summed E-state index contributed by atoms with van der Waals surface area (Å²) in [5.74, 6) is 3.72. The molecule has 6 aromatic rings. The molecule has 0 N–H and O–H groups in total. The molecule has 9 rings (SSSR count). The first-order chi connectivity index (χ1) is 39.1. The van der Waals surface area contributed by atoms with E-state index in [0.717, 1.165) is 86.7 Å². The Morgan fingerprint density at radius 3 is 0.800 bits per heavy atom. The number of allylic oxidation sites excluding steroid dienone is 6. The lowest BCUT2D eigenvalue weighted by molar-refractivity contribution is 0.603. The average molecular weight is 1180 g/mol. The lowest BCUT2D eigenvalue weighted by Gasteiger charge is -2.15. The van der Waals surface area contributed by atoms with Gasteiger partial charge in [-0.2, -0.15) is 10.2 Å². The molecule has 13 nitrogen and oxygen atoms in total. The van der Waals surface area contributed by atoms with Crippen molar-refractivity contribution in [2.45, 2.75) is 234 Å². The maximum absolute atomic E-state index is 10.4. The second kappa shape index (κ2) is 35.0. The Labute approximate surface area is 515 Å². The van der Waals surface area contributed by atoms with Crippen LogP contribution in [0.3, 0.4) is 0 Å². The predicted molar refractivity (Wildman–Crippen MR) is 360 cm³/mol. The van der Waals surface area contributed by atoms with Crippen LogP contribution in [-0.2, 0) is 9.84 Å². The zero-order valence-electron chi connectivity index (χ0n) is 58.7. The third-order valence-electron chi connectivity index (χ3n) is 16.4. The van der Waals surface area contributed by atoms with Crippen molar-refractivity contribution in [1.82, 2.24) is 50.1 Å². The number of rotatable bonds is 0. The molecular formula is C71H107N11O2S. The zero-order valence-corrected chi connectivity index (χ0v) is 59.5. The van der Waals surface area contributed by atoms with Gasteiger partial charge in [-0.05, 0) is 300 Å². The van der Waals surface area contributed by atoms with E-state index >= 15 is 0 Å². The molecule has 2 aliphatic heterocycles. The molecule has 1 aromatic carbocycles. The summed E-state index contributed by atoms with van der Waals surface area (Å²) in [6, 6.07) is 0. The summed E-state index contributed by atoms with van der Waals surface area (Å²) in [6.45, 7) is 66.2. The molecule has 5 aromatic heterocycles. The molecule has 1 aliphatic carbocycles. The fraction of sp³-hybridized carbons (Fsp3) is 0.507. The van der Waals surface area contributed by atoms with E-state index in [-0.39, 0.29) is 11.5 Å². The molecular weight excluding hydrogens is 1070 g/mol. The number of sulfone groups is 1. The van der Waals surface area contributed by atoms with Crippen LogP contribution >= 0.6 is 0 Å². The second-order valence-electron chi connectivity index (χ2n) is 23.2. The van der Waals surface area contributed by atoms with Crippen LogP contribution in [0.1, 0.15) is 201 Å². The molecule has 0 saturated carbocycles. The number of aryl methyl sites for hydroxylation is 14. The topological polar surface area (TPSA) is 175 Å². The van der Waals surface area contributed by atoms with Crippen molar-refractivity contribution in [2.75, 3.05) is 11.5 Å². The van der Waals surface area contributed by atoms with Gasteiger partial charge in [0, 0.05) is 40.6 Å². The molecule has 464 valence electrons. The van der Waals surface area contributed by atoms with Gasteiger partial charge in [-0.1, -0.05) is 34.9 Å². The fourth-order valence-electron chi connectivity index (χ4n) is 8.85. The van der Waals surface area contributed by atoms with Crippen LogP contribution in [-0.4, -0.2) is 75.7 Å². The Bertz CT molecular complexity index is 3240. The van der Waals surface area contributed by atoms with Gasteiger partial charge in [0.15, 0.2) is 9.84 Å². The molecule has 3 aliphatic rings. The van der Waals surface area contributed by atoms with Crippen molar-refractivity contribution in [1.29, 1.82) is 0 Å². The maximum Gasteiger partial charge on any atom is 0.157 e. The quantitative estimate of drug-likeness (QED) is 0.132. The Morgan fingerprint density at radius 2 is 0.576 bits per heavy atom. The van der Waals surface area contributed by atoms with Crippen molar-refractivity contribution in [3.8, 4) is 0 Å². The van der Waals surface area contributed by atoms with Crippen LogP contribution in [0.5, 0.6) is 0 Å². The first-order valence-corrected chi connectivity index (χ1v) is 31.3. The molecule has 14 heteroatoms. The fourth-order valence-corrected chi connectivity index (χ4v) is 9.84. The molecule has 0 amide bonds. The van der Waals surface area contributed by atoms with Gasteiger partial charge in [-0.15, -0.1) is 0 Å². The van der Waals surface area contributed by atoms with Crippen molar-refractivity contribution in [3.05, 3.63) is 193 Å². The molecule has 0 atom stereocenters. The van der Waals surface area contributed by atoms with Crippen LogP contribution in [0.2, 0.25) is 0 Å². The van der Waals surface area contributed by atoms with Gasteiger partial charge < -0.3 is 0 Å². The van der Waals surface area contributed by atoms with Crippen LogP contribution in [0.15, 0.2) is 51.2 Å². The minimum Gasteiger partial charge on any atom is -0.263 e. The molecule has 0 spiro atoms. The van der Waals surface area contributed by atoms with Gasteiger partial charge in [0.25, 0.3) is 0 Å². The van der Waals surface area contributed by atoms with E-state index in [1.165, 1.54) is 107 Å². The maximum atomic E-state index is 10.4.